The van der Waals surface area contributed by atoms with Gasteiger partial charge in [0, 0.05) is 24.2 Å². The van der Waals surface area contributed by atoms with Crippen molar-refractivity contribution in [3.05, 3.63) is 64.0 Å². The lowest BCUT2D eigenvalue weighted by Gasteiger charge is -2.21. The van der Waals surface area contributed by atoms with Crippen LogP contribution in [0.3, 0.4) is 0 Å². The Morgan fingerprint density at radius 3 is 2.61 bits per heavy atom. The molecule has 1 heterocycles. The molecule has 0 radical (unpaired) electrons. The largest absolute Gasteiger partial charge is 0.264 e. The number of nitro groups is 1. The minimum Gasteiger partial charge on any atom is -0.264 e. The van der Waals surface area contributed by atoms with Crippen molar-refractivity contribution in [2.75, 3.05) is 0 Å². The number of hydrogen-bond acceptors (Lipinski definition) is 3. The normalized spacial score (nSPS) is 14.1. The van der Waals surface area contributed by atoms with Crippen LogP contribution in [0.4, 0.5) is 0 Å². The van der Waals surface area contributed by atoms with Gasteiger partial charge in [-0.15, -0.1) is 0 Å². The zero-order valence-electron chi connectivity index (χ0n) is 10.4. The molecular formula is C13H15N3O2. The van der Waals surface area contributed by atoms with Gasteiger partial charge < -0.3 is 0 Å². The van der Waals surface area contributed by atoms with Gasteiger partial charge in [-0.1, -0.05) is 24.3 Å². The molecule has 0 fully saturated rings. The van der Waals surface area contributed by atoms with Crippen molar-refractivity contribution < 1.29 is 4.92 Å². The van der Waals surface area contributed by atoms with E-state index in [1.165, 1.54) is 0 Å². The molecule has 0 spiro atoms. The average molecular weight is 245 g/mol. The van der Waals surface area contributed by atoms with Crippen LogP contribution in [0.1, 0.15) is 24.1 Å². The molecule has 1 aromatic heterocycles. The summed E-state index contributed by atoms with van der Waals surface area (Å²) in [6, 6.07) is 8.36. The second-order valence-corrected chi connectivity index (χ2v) is 4.31. The SMILES string of the molecule is Cc1ccccc1[C@H]([C@H](C)[N+](=O)[O-])n1cccn1. The maximum Gasteiger partial charge on any atom is 0.236 e. The highest BCUT2D eigenvalue weighted by Crippen LogP contribution is 2.25. The van der Waals surface area contributed by atoms with Crippen molar-refractivity contribution in [2.24, 2.45) is 0 Å². The molecule has 5 heteroatoms. The number of aromatic nitrogens is 2. The number of aryl methyl sites for hydroxylation is 1. The van der Waals surface area contributed by atoms with Crippen molar-refractivity contribution in [3.63, 3.8) is 0 Å². The van der Waals surface area contributed by atoms with E-state index in [1.807, 2.05) is 31.2 Å². The lowest BCUT2D eigenvalue weighted by atomic mass is 9.96. The molecule has 0 unspecified atom stereocenters. The van der Waals surface area contributed by atoms with Gasteiger partial charge in [-0.2, -0.15) is 5.10 Å². The molecule has 0 bridgehead atoms. The number of benzene rings is 1. The summed E-state index contributed by atoms with van der Waals surface area (Å²) in [5, 5.41) is 15.2. The van der Waals surface area contributed by atoms with Crippen LogP contribution in [0.15, 0.2) is 42.7 Å². The highest BCUT2D eigenvalue weighted by molar-refractivity contribution is 5.29. The molecule has 0 aliphatic carbocycles. The van der Waals surface area contributed by atoms with E-state index < -0.39 is 6.04 Å². The quantitative estimate of drug-likeness (QED) is 0.614. The lowest BCUT2D eigenvalue weighted by Crippen LogP contribution is -2.30. The summed E-state index contributed by atoms with van der Waals surface area (Å²) in [6.45, 7) is 3.57. The molecule has 18 heavy (non-hydrogen) atoms. The van der Waals surface area contributed by atoms with Crippen molar-refractivity contribution in [1.29, 1.82) is 0 Å². The van der Waals surface area contributed by atoms with Gasteiger partial charge in [-0.25, -0.2) is 0 Å². The summed E-state index contributed by atoms with van der Waals surface area (Å²) in [7, 11) is 0. The Morgan fingerprint density at radius 1 is 1.33 bits per heavy atom. The first-order chi connectivity index (χ1) is 8.61. The van der Waals surface area contributed by atoms with E-state index in [1.54, 1.807) is 30.1 Å². The van der Waals surface area contributed by atoms with E-state index in [4.69, 9.17) is 0 Å². The lowest BCUT2D eigenvalue weighted by molar-refractivity contribution is -0.523. The monoisotopic (exact) mass is 245 g/mol. The first kappa shape index (κ1) is 12.3. The van der Waals surface area contributed by atoms with Gasteiger partial charge in [0.2, 0.25) is 6.04 Å². The minimum absolute atomic E-state index is 0.265. The highest BCUT2D eigenvalue weighted by atomic mass is 16.6. The molecule has 0 saturated carbocycles. The van der Waals surface area contributed by atoms with Crippen LogP contribution in [0.5, 0.6) is 0 Å². The minimum atomic E-state index is -0.731. The summed E-state index contributed by atoms with van der Waals surface area (Å²) in [6.07, 6.45) is 3.40. The Morgan fingerprint density at radius 2 is 2.06 bits per heavy atom. The molecule has 0 aliphatic rings. The van der Waals surface area contributed by atoms with Crippen molar-refractivity contribution in [3.8, 4) is 0 Å². The molecule has 94 valence electrons. The van der Waals surface area contributed by atoms with Gasteiger partial charge in [0.1, 0.15) is 6.04 Å². The van der Waals surface area contributed by atoms with Gasteiger partial charge >= 0.3 is 0 Å². The van der Waals surface area contributed by atoms with Crippen molar-refractivity contribution in [2.45, 2.75) is 25.9 Å². The second-order valence-electron chi connectivity index (χ2n) is 4.31. The van der Waals surface area contributed by atoms with Crippen LogP contribution >= 0.6 is 0 Å². The van der Waals surface area contributed by atoms with E-state index in [9.17, 15) is 10.1 Å². The molecule has 0 saturated heterocycles. The predicted octanol–water partition coefficient (Wildman–Crippen LogP) is 2.45. The first-order valence-electron chi connectivity index (χ1n) is 5.79. The molecule has 0 amide bonds. The fourth-order valence-corrected chi connectivity index (χ4v) is 2.10. The third kappa shape index (κ3) is 2.25. The van der Waals surface area contributed by atoms with Crippen LogP contribution < -0.4 is 0 Å². The highest BCUT2D eigenvalue weighted by Gasteiger charge is 2.31. The van der Waals surface area contributed by atoms with Crippen LogP contribution in [-0.2, 0) is 0 Å². The molecular weight excluding hydrogens is 230 g/mol. The molecule has 0 N–H and O–H groups in total. The van der Waals surface area contributed by atoms with Crippen molar-refractivity contribution >= 4 is 0 Å². The van der Waals surface area contributed by atoms with E-state index in [0.29, 0.717) is 0 Å². The third-order valence-corrected chi connectivity index (χ3v) is 3.11. The summed E-state index contributed by atoms with van der Waals surface area (Å²) in [5.74, 6) is 0. The maximum absolute atomic E-state index is 11.1. The van der Waals surface area contributed by atoms with Gasteiger partial charge in [0.15, 0.2) is 0 Å². The number of nitrogens with zero attached hydrogens (tertiary/aromatic N) is 3. The van der Waals surface area contributed by atoms with E-state index >= 15 is 0 Å². The third-order valence-electron chi connectivity index (χ3n) is 3.11. The smallest absolute Gasteiger partial charge is 0.236 e. The van der Waals surface area contributed by atoms with E-state index in [2.05, 4.69) is 5.10 Å². The molecule has 5 nitrogen and oxygen atoms in total. The van der Waals surface area contributed by atoms with Crippen LogP contribution in [-0.4, -0.2) is 20.7 Å². The Balaban J connectivity index is 2.50. The van der Waals surface area contributed by atoms with E-state index in [0.717, 1.165) is 11.1 Å². The number of hydrogen-bond donors (Lipinski definition) is 0. The van der Waals surface area contributed by atoms with E-state index in [-0.39, 0.29) is 11.0 Å². The standard InChI is InChI=1S/C13H15N3O2/c1-10-6-3-4-7-12(10)13(11(2)16(17)18)15-9-5-8-14-15/h3-9,11,13H,1-2H3/t11-,13-/m0/s1. The Bertz CT molecular complexity index is 537. The van der Waals surface area contributed by atoms with Gasteiger partial charge in [0.25, 0.3) is 0 Å². The summed E-state index contributed by atoms with van der Waals surface area (Å²) < 4.78 is 1.65. The number of rotatable bonds is 4. The fourth-order valence-electron chi connectivity index (χ4n) is 2.10. The average Bonchev–Trinajstić information content (AvgIpc) is 2.85. The zero-order valence-corrected chi connectivity index (χ0v) is 10.4. The molecule has 0 aliphatic heterocycles. The van der Waals surface area contributed by atoms with Crippen molar-refractivity contribution in [1.82, 2.24) is 9.78 Å². The predicted molar refractivity (Wildman–Crippen MR) is 68.0 cm³/mol. The Kier molecular flexibility index (Phi) is 3.41. The van der Waals surface area contributed by atoms with Gasteiger partial charge in [-0.05, 0) is 24.1 Å². The van der Waals surface area contributed by atoms with Crippen LogP contribution in [0.2, 0.25) is 0 Å². The molecule has 2 rings (SSSR count). The summed E-state index contributed by atoms with van der Waals surface area (Å²) in [5.41, 5.74) is 1.97. The summed E-state index contributed by atoms with van der Waals surface area (Å²) in [4.78, 5) is 10.8. The summed E-state index contributed by atoms with van der Waals surface area (Å²) >= 11 is 0. The van der Waals surface area contributed by atoms with Crippen LogP contribution in [0, 0.1) is 17.0 Å². The Labute approximate surface area is 105 Å². The second kappa shape index (κ2) is 5.00. The molecule has 1 aromatic carbocycles. The van der Waals surface area contributed by atoms with Gasteiger partial charge in [0.05, 0.1) is 0 Å². The topological polar surface area (TPSA) is 61.0 Å². The zero-order chi connectivity index (χ0) is 13.1. The fraction of sp³-hybridized carbons (Fsp3) is 0.308. The molecule has 2 atom stereocenters. The maximum atomic E-state index is 11.1. The Hall–Kier alpha value is -2.17. The van der Waals surface area contributed by atoms with Crippen LogP contribution in [0.25, 0.3) is 0 Å². The first-order valence-corrected chi connectivity index (χ1v) is 5.79. The van der Waals surface area contributed by atoms with Gasteiger partial charge in [-0.3, -0.25) is 14.8 Å². The molecule has 2 aromatic rings.